The molecule has 6 heteroatoms. The van der Waals surface area contributed by atoms with Crippen molar-refractivity contribution in [3.05, 3.63) is 54.0 Å². The van der Waals surface area contributed by atoms with E-state index in [9.17, 15) is 9.18 Å². The first-order valence-electron chi connectivity index (χ1n) is 8.37. The van der Waals surface area contributed by atoms with E-state index in [-0.39, 0.29) is 17.6 Å². The van der Waals surface area contributed by atoms with E-state index in [0.717, 1.165) is 6.42 Å². The molecule has 0 spiro atoms. The zero-order chi connectivity index (χ0) is 18.4. The van der Waals surface area contributed by atoms with Gasteiger partial charge in [0.1, 0.15) is 11.6 Å². The van der Waals surface area contributed by atoms with Crippen molar-refractivity contribution in [3.8, 4) is 0 Å². The number of carbonyl (C=O) groups is 1. The van der Waals surface area contributed by atoms with Gasteiger partial charge in [0.2, 0.25) is 0 Å². The molecule has 1 aromatic heterocycles. The maximum absolute atomic E-state index is 13.9. The van der Waals surface area contributed by atoms with Crippen molar-refractivity contribution in [3.63, 3.8) is 0 Å². The second kappa shape index (κ2) is 8.58. The summed E-state index contributed by atoms with van der Waals surface area (Å²) in [6.45, 7) is 4.67. The molecule has 0 bridgehead atoms. The van der Waals surface area contributed by atoms with Crippen LogP contribution in [0.25, 0.3) is 0 Å². The maximum atomic E-state index is 13.9. The SMILES string of the molecule is CC(C)C(N)CCN(C)C(=O)c1cccnc1Nc1ccccc1F. The topological polar surface area (TPSA) is 71.2 Å². The fourth-order valence-electron chi connectivity index (χ4n) is 2.35. The molecule has 1 aromatic carbocycles. The molecule has 0 radical (unpaired) electrons. The molecular formula is C19H25FN4O. The minimum Gasteiger partial charge on any atom is -0.342 e. The third-order valence-corrected chi connectivity index (χ3v) is 4.17. The van der Waals surface area contributed by atoms with Crippen LogP contribution < -0.4 is 11.1 Å². The average Bonchev–Trinajstić information content (AvgIpc) is 2.61. The summed E-state index contributed by atoms with van der Waals surface area (Å²) in [5.41, 5.74) is 6.72. The lowest BCUT2D eigenvalue weighted by Crippen LogP contribution is -2.35. The van der Waals surface area contributed by atoms with Crippen LogP contribution >= 0.6 is 0 Å². The summed E-state index contributed by atoms with van der Waals surface area (Å²) in [6, 6.07) is 9.69. The molecule has 0 aliphatic carbocycles. The summed E-state index contributed by atoms with van der Waals surface area (Å²) in [4.78, 5) is 18.5. The number of halogens is 1. The summed E-state index contributed by atoms with van der Waals surface area (Å²) in [6.07, 6.45) is 2.28. The molecule has 2 aromatic rings. The summed E-state index contributed by atoms with van der Waals surface area (Å²) in [5, 5.41) is 2.90. The highest BCUT2D eigenvalue weighted by Gasteiger charge is 2.18. The standard InChI is InChI=1S/C19H25FN4O/c1-13(2)16(21)10-12-24(3)19(25)14-7-6-11-22-18(14)23-17-9-5-4-8-15(17)20/h4-9,11,13,16H,10,12,21H2,1-3H3,(H,22,23). The molecule has 2 rings (SSSR count). The molecule has 1 heterocycles. The van der Waals surface area contributed by atoms with Gasteiger partial charge in [0.25, 0.3) is 5.91 Å². The largest absolute Gasteiger partial charge is 0.342 e. The smallest absolute Gasteiger partial charge is 0.257 e. The van der Waals surface area contributed by atoms with Crippen LogP contribution in [0.5, 0.6) is 0 Å². The van der Waals surface area contributed by atoms with Crippen LogP contribution in [0.15, 0.2) is 42.6 Å². The van der Waals surface area contributed by atoms with Crippen molar-refractivity contribution in [1.82, 2.24) is 9.88 Å². The normalized spacial score (nSPS) is 12.1. The zero-order valence-corrected chi connectivity index (χ0v) is 14.9. The van der Waals surface area contributed by atoms with Gasteiger partial charge in [0, 0.05) is 25.8 Å². The number of carbonyl (C=O) groups excluding carboxylic acids is 1. The monoisotopic (exact) mass is 344 g/mol. The number of amides is 1. The van der Waals surface area contributed by atoms with Crippen LogP contribution in [0, 0.1) is 11.7 Å². The van der Waals surface area contributed by atoms with Gasteiger partial charge in [-0.15, -0.1) is 0 Å². The number of rotatable bonds is 7. The predicted molar refractivity (Wildman–Crippen MR) is 98.3 cm³/mol. The Labute approximate surface area is 148 Å². The van der Waals surface area contributed by atoms with Crippen LogP contribution in [0.3, 0.4) is 0 Å². The van der Waals surface area contributed by atoms with Gasteiger partial charge >= 0.3 is 0 Å². The molecule has 0 saturated carbocycles. The fraction of sp³-hybridized carbons (Fsp3) is 0.368. The molecule has 0 fully saturated rings. The average molecular weight is 344 g/mol. The van der Waals surface area contributed by atoms with Gasteiger partial charge in [-0.05, 0) is 36.6 Å². The van der Waals surface area contributed by atoms with Gasteiger partial charge in [-0.2, -0.15) is 0 Å². The van der Waals surface area contributed by atoms with E-state index in [1.807, 2.05) is 0 Å². The molecule has 0 saturated heterocycles. The molecule has 1 unspecified atom stereocenters. The predicted octanol–water partition coefficient (Wildman–Crippen LogP) is 3.41. The van der Waals surface area contributed by atoms with Crippen molar-refractivity contribution >= 4 is 17.4 Å². The van der Waals surface area contributed by atoms with Gasteiger partial charge in [-0.1, -0.05) is 26.0 Å². The number of aromatic nitrogens is 1. The molecule has 1 amide bonds. The first-order chi connectivity index (χ1) is 11.9. The zero-order valence-electron chi connectivity index (χ0n) is 14.9. The number of nitrogens with zero attached hydrogens (tertiary/aromatic N) is 2. The second-order valence-corrected chi connectivity index (χ2v) is 6.43. The van der Waals surface area contributed by atoms with E-state index in [0.29, 0.717) is 23.8 Å². The highest BCUT2D eigenvalue weighted by molar-refractivity contribution is 5.99. The minimum atomic E-state index is -0.400. The second-order valence-electron chi connectivity index (χ2n) is 6.43. The van der Waals surface area contributed by atoms with Crippen molar-refractivity contribution in [2.45, 2.75) is 26.3 Å². The number of benzene rings is 1. The lowest BCUT2D eigenvalue weighted by molar-refractivity contribution is 0.0790. The van der Waals surface area contributed by atoms with Crippen LogP contribution in [-0.2, 0) is 0 Å². The number of anilines is 2. The maximum Gasteiger partial charge on any atom is 0.257 e. The fourth-order valence-corrected chi connectivity index (χ4v) is 2.35. The van der Waals surface area contributed by atoms with Crippen LogP contribution in [0.2, 0.25) is 0 Å². The van der Waals surface area contributed by atoms with Crippen molar-refractivity contribution in [1.29, 1.82) is 0 Å². The molecule has 3 N–H and O–H groups in total. The quantitative estimate of drug-likeness (QED) is 0.807. The summed E-state index contributed by atoms with van der Waals surface area (Å²) >= 11 is 0. The Balaban J connectivity index is 2.13. The molecule has 1 atom stereocenters. The summed E-state index contributed by atoms with van der Waals surface area (Å²) in [7, 11) is 1.73. The van der Waals surface area contributed by atoms with Gasteiger partial charge in [0.05, 0.1) is 11.3 Å². The number of para-hydroxylation sites is 1. The molecule has 25 heavy (non-hydrogen) atoms. The van der Waals surface area contributed by atoms with Gasteiger partial charge in [0.15, 0.2) is 0 Å². The number of nitrogens with two attached hydrogens (primary N) is 1. The van der Waals surface area contributed by atoms with Crippen LogP contribution in [0.4, 0.5) is 15.9 Å². The van der Waals surface area contributed by atoms with E-state index in [2.05, 4.69) is 24.1 Å². The Morgan fingerprint density at radius 2 is 2.00 bits per heavy atom. The number of hydrogen-bond donors (Lipinski definition) is 2. The Hall–Kier alpha value is -2.47. The third kappa shape index (κ3) is 5.00. The Morgan fingerprint density at radius 1 is 1.28 bits per heavy atom. The summed E-state index contributed by atoms with van der Waals surface area (Å²) < 4.78 is 13.9. The first-order valence-corrected chi connectivity index (χ1v) is 8.37. The van der Waals surface area contributed by atoms with E-state index >= 15 is 0 Å². The third-order valence-electron chi connectivity index (χ3n) is 4.17. The number of nitrogens with one attached hydrogen (secondary N) is 1. The molecule has 0 aliphatic rings. The molecule has 5 nitrogen and oxygen atoms in total. The van der Waals surface area contributed by atoms with Crippen molar-refractivity contribution in [2.24, 2.45) is 11.7 Å². The highest BCUT2D eigenvalue weighted by Crippen LogP contribution is 2.22. The number of pyridine rings is 1. The van der Waals surface area contributed by atoms with Gasteiger partial charge < -0.3 is 16.0 Å². The lowest BCUT2D eigenvalue weighted by Gasteiger charge is -2.22. The molecule has 134 valence electrons. The van der Waals surface area contributed by atoms with Gasteiger partial charge in [-0.25, -0.2) is 9.37 Å². The van der Waals surface area contributed by atoms with Gasteiger partial charge in [-0.3, -0.25) is 4.79 Å². The van der Waals surface area contributed by atoms with E-state index in [1.165, 1.54) is 6.07 Å². The summed E-state index contributed by atoms with van der Waals surface area (Å²) in [5.74, 6) is 0.114. The van der Waals surface area contributed by atoms with Crippen LogP contribution in [-0.4, -0.2) is 35.4 Å². The van der Waals surface area contributed by atoms with E-state index in [4.69, 9.17) is 5.73 Å². The minimum absolute atomic E-state index is 0.0418. The molecule has 0 aliphatic heterocycles. The molecular weight excluding hydrogens is 319 g/mol. The van der Waals surface area contributed by atoms with Crippen molar-refractivity contribution in [2.75, 3.05) is 18.9 Å². The van der Waals surface area contributed by atoms with Crippen molar-refractivity contribution < 1.29 is 9.18 Å². The first kappa shape index (κ1) is 18.9. The van der Waals surface area contributed by atoms with E-state index in [1.54, 1.807) is 48.5 Å². The van der Waals surface area contributed by atoms with E-state index < -0.39 is 5.82 Å². The highest BCUT2D eigenvalue weighted by atomic mass is 19.1. The Bertz CT molecular complexity index is 720. The Kier molecular flexibility index (Phi) is 6.47. The number of hydrogen-bond acceptors (Lipinski definition) is 4. The Morgan fingerprint density at radius 3 is 2.68 bits per heavy atom. The van der Waals surface area contributed by atoms with Crippen LogP contribution in [0.1, 0.15) is 30.6 Å². The lowest BCUT2D eigenvalue weighted by atomic mass is 10.0.